The van der Waals surface area contributed by atoms with Gasteiger partial charge in [-0.3, -0.25) is 19.3 Å². The topological polar surface area (TPSA) is 137 Å². The van der Waals surface area contributed by atoms with Gasteiger partial charge >= 0.3 is 6.18 Å². The molecule has 0 aliphatic carbocycles. The van der Waals surface area contributed by atoms with Crippen molar-refractivity contribution in [3.8, 4) is 11.8 Å². The number of anilines is 1. The highest BCUT2D eigenvalue weighted by Crippen LogP contribution is 2.42. The Labute approximate surface area is 269 Å². The van der Waals surface area contributed by atoms with Crippen LogP contribution in [0.4, 0.5) is 27.8 Å². The fourth-order valence-electron chi connectivity index (χ4n) is 6.03. The van der Waals surface area contributed by atoms with E-state index in [9.17, 15) is 41.6 Å². The third-order valence-corrected chi connectivity index (χ3v) is 8.15. The lowest BCUT2D eigenvalue weighted by Crippen LogP contribution is -2.55. The predicted octanol–water partition coefficient (Wildman–Crippen LogP) is 4.35. The van der Waals surface area contributed by atoms with Crippen molar-refractivity contribution in [3.05, 3.63) is 101 Å². The van der Waals surface area contributed by atoms with Crippen LogP contribution in [0.3, 0.4) is 0 Å². The van der Waals surface area contributed by atoms with Crippen molar-refractivity contribution in [2.24, 2.45) is 0 Å². The second-order valence-electron chi connectivity index (χ2n) is 11.2. The number of fused-ring (bicyclic) bond motifs is 1. The molecule has 2 aromatic carbocycles. The van der Waals surface area contributed by atoms with Crippen molar-refractivity contribution < 1.29 is 36.3 Å². The molecule has 11 nitrogen and oxygen atoms in total. The number of likely N-dealkylation sites (tertiary alicyclic amines) is 1. The number of rotatable bonds is 6. The Bertz CT molecular complexity index is 1940. The second kappa shape index (κ2) is 12.1. The number of halogens is 5. The summed E-state index contributed by atoms with van der Waals surface area (Å²) in [4.78, 5) is 50.2. The summed E-state index contributed by atoms with van der Waals surface area (Å²) < 4.78 is 70.0. The molecule has 246 valence electrons. The van der Waals surface area contributed by atoms with Gasteiger partial charge in [0.05, 0.1) is 24.5 Å². The van der Waals surface area contributed by atoms with Gasteiger partial charge in [-0.05, 0) is 42.8 Å². The van der Waals surface area contributed by atoms with Gasteiger partial charge < -0.3 is 10.2 Å². The number of hydrogen-bond acceptors (Lipinski definition) is 7. The van der Waals surface area contributed by atoms with Crippen LogP contribution in [-0.4, -0.2) is 73.5 Å². The zero-order chi connectivity index (χ0) is 34.4. The molecule has 3 amide bonds. The van der Waals surface area contributed by atoms with Gasteiger partial charge in [0, 0.05) is 36.2 Å². The molecular weight excluding hydrogens is 639 g/mol. The predicted molar refractivity (Wildman–Crippen MR) is 158 cm³/mol. The first-order chi connectivity index (χ1) is 22.8. The van der Waals surface area contributed by atoms with Crippen LogP contribution in [0.1, 0.15) is 57.1 Å². The smallest absolute Gasteiger partial charge is 0.337 e. The molecule has 48 heavy (non-hydrogen) atoms. The molecule has 1 saturated heterocycles. The minimum absolute atomic E-state index is 0.0564. The van der Waals surface area contributed by atoms with Crippen LogP contribution in [0.15, 0.2) is 73.1 Å². The maximum Gasteiger partial charge on any atom is 0.433 e. The van der Waals surface area contributed by atoms with Gasteiger partial charge in [-0.15, -0.1) is 0 Å². The van der Waals surface area contributed by atoms with Crippen molar-refractivity contribution in [2.45, 2.75) is 43.4 Å². The van der Waals surface area contributed by atoms with Crippen LogP contribution in [0, 0.1) is 11.3 Å². The number of carbonyl (C=O) groups is 3. The zero-order valence-corrected chi connectivity index (χ0v) is 25.0. The highest BCUT2D eigenvalue weighted by Gasteiger charge is 2.48. The fourth-order valence-corrected chi connectivity index (χ4v) is 6.03. The monoisotopic (exact) mass is 664 g/mol. The number of hydrogen-bond donors (Lipinski definition) is 1. The number of benzene rings is 2. The summed E-state index contributed by atoms with van der Waals surface area (Å²) in [6, 6.07) is 14.1. The van der Waals surface area contributed by atoms with Crippen LogP contribution in [-0.2, 0) is 11.0 Å². The summed E-state index contributed by atoms with van der Waals surface area (Å²) in [6.45, 7) is 0.849. The van der Waals surface area contributed by atoms with E-state index >= 15 is 0 Å². The summed E-state index contributed by atoms with van der Waals surface area (Å²) in [5.41, 5.74) is -0.106. The molecule has 6 rings (SSSR count). The highest BCUT2D eigenvalue weighted by atomic mass is 19.4. The maximum atomic E-state index is 14.2. The Morgan fingerprint density at radius 3 is 2.54 bits per heavy atom. The molecule has 2 aliphatic heterocycles. The lowest BCUT2D eigenvalue weighted by atomic mass is 9.81. The Kier molecular flexibility index (Phi) is 8.15. The number of amides is 3. The molecule has 2 aromatic heterocycles. The summed E-state index contributed by atoms with van der Waals surface area (Å²) in [7, 11) is 0. The van der Waals surface area contributed by atoms with Crippen LogP contribution >= 0.6 is 0 Å². The highest BCUT2D eigenvalue weighted by molar-refractivity contribution is 6.04. The molecule has 4 heterocycles. The molecule has 0 radical (unpaired) electrons. The van der Waals surface area contributed by atoms with Crippen molar-refractivity contribution in [1.82, 2.24) is 30.0 Å². The normalized spacial score (nSPS) is 20.3. The van der Waals surface area contributed by atoms with Crippen molar-refractivity contribution in [3.63, 3.8) is 0 Å². The first kappa shape index (κ1) is 32.2. The minimum atomic E-state index is -4.86. The summed E-state index contributed by atoms with van der Waals surface area (Å²) in [6.07, 6.45) is -3.43. The standard InChI is InChI=1S/C32H25F5N8O3/c1-2-43-28-22(16-40-45(28)20-9-4-3-5-10-20)24(25(30(43)48)42-27(46)26-39-12-11-23(41-26)32(35,36)37)18-7-6-8-19(13-18)29(47)44-17-31(33,34)14-21(44)15-38/h3-13,16,21,24-25H,2,14,17H2,1H3,(H,42,46)/t21-,24+,25?/m0/s1. The van der Waals surface area contributed by atoms with Gasteiger partial charge in [-0.25, -0.2) is 23.4 Å². The van der Waals surface area contributed by atoms with E-state index < -0.39 is 72.3 Å². The quantitative estimate of drug-likeness (QED) is 0.303. The van der Waals surface area contributed by atoms with Crippen LogP contribution < -0.4 is 10.2 Å². The number of para-hydroxylation sites is 1. The van der Waals surface area contributed by atoms with Crippen LogP contribution in [0.2, 0.25) is 0 Å². The zero-order valence-electron chi connectivity index (χ0n) is 25.0. The molecule has 4 aromatic rings. The maximum absolute atomic E-state index is 14.2. The van der Waals surface area contributed by atoms with Crippen LogP contribution in [0.25, 0.3) is 5.69 Å². The van der Waals surface area contributed by atoms with E-state index in [-0.39, 0.29) is 17.7 Å². The fraction of sp³-hybridized carbons (Fsp3) is 0.281. The minimum Gasteiger partial charge on any atom is -0.337 e. The van der Waals surface area contributed by atoms with Gasteiger partial charge in [0.25, 0.3) is 23.6 Å². The number of aromatic nitrogens is 4. The Balaban J connectivity index is 1.46. The lowest BCUT2D eigenvalue weighted by molar-refractivity contribution is -0.141. The lowest BCUT2D eigenvalue weighted by Gasteiger charge is -2.38. The third-order valence-electron chi connectivity index (χ3n) is 8.15. The van der Waals surface area contributed by atoms with E-state index in [2.05, 4.69) is 20.4 Å². The number of carbonyl (C=O) groups excluding carboxylic acids is 3. The molecule has 0 saturated carbocycles. The van der Waals surface area contributed by atoms with Crippen molar-refractivity contribution >= 4 is 23.5 Å². The largest absolute Gasteiger partial charge is 0.433 e. The molecule has 1 unspecified atom stereocenters. The van der Waals surface area contributed by atoms with Crippen LogP contribution in [0.5, 0.6) is 0 Å². The van der Waals surface area contributed by atoms with E-state index in [4.69, 9.17) is 0 Å². The van der Waals surface area contributed by atoms with E-state index in [1.54, 1.807) is 49.4 Å². The summed E-state index contributed by atoms with van der Waals surface area (Å²) in [5.74, 6) is -7.45. The molecular formula is C32H25F5N8O3. The molecule has 16 heteroatoms. The molecule has 2 aliphatic rings. The van der Waals surface area contributed by atoms with Gasteiger partial charge in [0.1, 0.15) is 23.6 Å². The summed E-state index contributed by atoms with van der Waals surface area (Å²) >= 11 is 0. The number of nitrogens with zero attached hydrogens (tertiary/aromatic N) is 7. The Morgan fingerprint density at radius 1 is 1.10 bits per heavy atom. The Morgan fingerprint density at radius 2 is 1.85 bits per heavy atom. The first-order valence-corrected chi connectivity index (χ1v) is 14.7. The molecule has 0 spiro atoms. The van der Waals surface area contributed by atoms with Gasteiger partial charge in [-0.1, -0.05) is 30.3 Å². The number of likely N-dealkylation sites (N-methyl/N-ethyl adjacent to an activating group) is 1. The van der Waals surface area contributed by atoms with Gasteiger partial charge in [0.15, 0.2) is 0 Å². The molecule has 1 N–H and O–H groups in total. The third kappa shape index (κ3) is 5.83. The SMILES string of the molecule is CCN1C(=O)C(NC(=O)c2nccc(C(F)(F)F)n2)[C@H](c2cccc(C(=O)N3CC(F)(F)C[C@H]3C#N)c2)c2cnn(-c3ccccc3)c21. The number of alkyl halides is 5. The molecule has 0 bridgehead atoms. The van der Waals surface area contributed by atoms with Crippen molar-refractivity contribution in [2.75, 3.05) is 18.0 Å². The molecule has 1 fully saturated rings. The van der Waals surface area contributed by atoms with Gasteiger partial charge in [0.2, 0.25) is 5.82 Å². The Hall–Kier alpha value is -5.72. The summed E-state index contributed by atoms with van der Waals surface area (Å²) in [5, 5.41) is 16.4. The molecule has 3 atom stereocenters. The average Bonchev–Trinajstić information content (AvgIpc) is 3.65. The second-order valence-corrected chi connectivity index (χ2v) is 11.2. The van der Waals surface area contributed by atoms with E-state index in [1.165, 1.54) is 34.0 Å². The average molecular weight is 665 g/mol. The van der Waals surface area contributed by atoms with E-state index in [0.29, 0.717) is 23.1 Å². The number of nitrogens with one attached hydrogen (secondary N) is 1. The van der Waals surface area contributed by atoms with E-state index in [0.717, 1.165) is 11.1 Å². The van der Waals surface area contributed by atoms with Gasteiger partial charge in [-0.2, -0.15) is 23.5 Å². The van der Waals surface area contributed by atoms with Crippen molar-refractivity contribution in [1.29, 1.82) is 5.26 Å². The number of nitriles is 1. The first-order valence-electron chi connectivity index (χ1n) is 14.7. The van der Waals surface area contributed by atoms with E-state index in [1.807, 2.05) is 0 Å².